The van der Waals surface area contributed by atoms with Crippen molar-refractivity contribution in [1.29, 1.82) is 0 Å². The molecule has 0 aliphatic heterocycles. The molecule has 0 amide bonds. The summed E-state index contributed by atoms with van der Waals surface area (Å²) in [5.74, 6) is 0.894. The zero-order valence-electron chi connectivity index (χ0n) is 10.1. The van der Waals surface area contributed by atoms with Gasteiger partial charge in [-0.3, -0.25) is 11.5 Å². The number of nitrogens with one attached hydrogen (secondary N) is 2. The van der Waals surface area contributed by atoms with Gasteiger partial charge in [0.1, 0.15) is 12.4 Å². The third kappa shape index (κ3) is 18.1. The number of rotatable bonds is 0. The molecule has 2 rings (SSSR count). The van der Waals surface area contributed by atoms with Gasteiger partial charge in [-0.1, -0.05) is 9.97 Å². The van der Waals surface area contributed by atoms with Gasteiger partial charge in [0.2, 0.25) is 0 Å². The van der Waals surface area contributed by atoms with E-state index in [1.807, 2.05) is 0 Å². The first-order chi connectivity index (χ1) is 8.79. The van der Waals surface area contributed by atoms with Crippen molar-refractivity contribution in [2.45, 2.75) is 0 Å². The van der Waals surface area contributed by atoms with Crippen LogP contribution in [0.3, 0.4) is 0 Å². The molecule has 0 unspecified atom stereocenters. The molecule has 0 radical (unpaired) electrons. The molecule has 8 N–H and O–H groups in total. The second-order valence-electron chi connectivity index (χ2n) is 2.74. The molecule has 0 fully saturated rings. The zero-order chi connectivity index (χ0) is 14.7. The van der Waals surface area contributed by atoms with E-state index in [4.69, 9.17) is 27.5 Å². The topological polar surface area (TPSA) is 218 Å². The zero-order valence-corrected chi connectivity index (χ0v) is 11.8. The van der Waals surface area contributed by atoms with Crippen LogP contribution in [0.5, 0.6) is 0 Å². The van der Waals surface area contributed by atoms with Crippen LogP contribution in [0.1, 0.15) is 0 Å². The number of H-pyrrole nitrogens is 2. The molecule has 2 heterocycles. The van der Waals surface area contributed by atoms with Gasteiger partial charge < -0.3 is 5.48 Å². The van der Waals surface area contributed by atoms with E-state index in [0.29, 0.717) is 11.9 Å². The Bertz CT molecular complexity index is 507. The molecule has 0 aliphatic rings. The SMILES string of the molecule is Nc1nccc[nH+]1.Nc1nccc[nH+]1.O.O=[Se](=O)([O-])[O-]. The van der Waals surface area contributed by atoms with Gasteiger partial charge in [0.15, 0.2) is 0 Å². The van der Waals surface area contributed by atoms with Gasteiger partial charge in [-0.25, -0.2) is 9.97 Å². The number of nitrogens with zero attached hydrogens (tertiary/aromatic N) is 2. The summed E-state index contributed by atoms with van der Waals surface area (Å²) in [5.41, 5.74) is 10.4. The van der Waals surface area contributed by atoms with Gasteiger partial charge >= 0.3 is 41.3 Å². The van der Waals surface area contributed by atoms with Crippen LogP contribution in [0, 0.1) is 0 Å². The first-order valence-corrected chi connectivity index (χ1v) is 7.42. The molecular weight excluding hydrogens is 339 g/mol. The van der Waals surface area contributed by atoms with E-state index < -0.39 is 13.4 Å². The molecule has 0 saturated carbocycles. The van der Waals surface area contributed by atoms with Crippen molar-refractivity contribution >= 4 is 25.3 Å². The van der Waals surface area contributed by atoms with Gasteiger partial charge in [-0.05, 0) is 0 Å². The van der Waals surface area contributed by atoms with E-state index >= 15 is 0 Å². The summed E-state index contributed by atoms with van der Waals surface area (Å²) >= 11 is -5.75. The second kappa shape index (κ2) is 10.7. The molecule has 112 valence electrons. The Morgan fingerprint density at radius 3 is 1.35 bits per heavy atom. The number of hydrogen-bond acceptors (Lipinski definition) is 8. The molecule has 0 aromatic carbocycles. The first kappa shape index (κ1) is 20.1. The fourth-order valence-corrected chi connectivity index (χ4v) is 0.674. The Hall–Kier alpha value is -2.24. The molecule has 0 atom stereocenters. The Labute approximate surface area is 115 Å². The van der Waals surface area contributed by atoms with Gasteiger partial charge in [0, 0.05) is 12.1 Å². The van der Waals surface area contributed by atoms with Crippen LogP contribution in [0.15, 0.2) is 36.9 Å². The first-order valence-electron chi connectivity index (χ1n) is 4.62. The van der Waals surface area contributed by atoms with E-state index in [2.05, 4.69) is 19.9 Å². The van der Waals surface area contributed by atoms with E-state index in [-0.39, 0.29) is 5.48 Å². The molecule has 11 nitrogen and oxygen atoms in total. The van der Waals surface area contributed by atoms with Gasteiger partial charge in [0.05, 0.1) is 12.4 Å². The normalized spacial score (nSPS) is 8.90. The summed E-state index contributed by atoms with van der Waals surface area (Å²) in [6, 6.07) is 3.55. The minimum absolute atomic E-state index is 0. The standard InChI is InChI=1S/2C4H5N3.H2O4Se.H2O/c2*5-4-6-2-1-3-7-4;1-5(2,3)4;/h2*1-3H,(H2,5,6,7);(H2,1,2,3,4);1H2. The molecule has 0 aliphatic carbocycles. The molecule has 2 aromatic heterocycles. The molecule has 12 heteroatoms. The predicted molar refractivity (Wildman–Crippen MR) is 61.2 cm³/mol. The number of hydrogen-bond donors (Lipinski definition) is 2. The van der Waals surface area contributed by atoms with Crippen molar-refractivity contribution in [3.8, 4) is 0 Å². The maximum absolute atomic E-state index is 8.59. The third-order valence-electron chi connectivity index (χ3n) is 1.25. The summed E-state index contributed by atoms with van der Waals surface area (Å²) in [6.45, 7) is 0. The molecular formula is C8H14N6O5Se. The van der Waals surface area contributed by atoms with Crippen LogP contribution in [0.25, 0.3) is 0 Å². The van der Waals surface area contributed by atoms with Crippen molar-refractivity contribution in [3.63, 3.8) is 0 Å². The molecule has 0 saturated heterocycles. The Balaban J connectivity index is 0. The van der Waals surface area contributed by atoms with Crippen LogP contribution in [0.2, 0.25) is 0 Å². The van der Waals surface area contributed by atoms with Gasteiger partial charge in [-0.15, -0.1) is 0 Å². The van der Waals surface area contributed by atoms with Crippen molar-refractivity contribution in [2.24, 2.45) is 0 Å². The average Bonchev–Trinajstić information content (AvgIpc) is 2.29. The number of anilines is 2. The van der Waals surface area contributed by atoms with Crippen molar-refractivity contribution in [1.82, 2.24) is 9.97 Å². The number of nitrogen functional groups attached to an aromatic ring is 2. The minimum atomic E-state index is -5.75. The summed E-state index contributed by atoms with van der Waals surface area (Å²) < 4.78 is 34.4. The fraction of sp³-hybridized carbons (Fsp3) is 0. The van der Waals surface area contributed by atoms with Crippen molar-refractivity contribution in [3.05, 3.63) is 36.9 Å². The van der Waals surface area contributed by atoms with Crippen LogP contribution in [-0.2, 0) is 7.67 Å². The van der Waals surface area contributed by atoms with E-state index in [1.165, 1.54) is 0 Å². The summed E-state index contributed by atoms with van der Waals surface area (Å²) in [5, 5.41) is 0. The third-order valence-corrected chi connectivity index (χ3v) is 1.25. The summed E-state index contributed by atoms with van der Waals surface area (Å²) in [4.78, 5) is 12.8. The van der Waals surface area contributed by atoms with E-state index in [0.717, 1.165) is 0 Å². The quantitative estimate of drug-likeness (QED) is 0.436. The molecule has 20 heavy (non-hydrogen) atoms. The van der Waals surface area contributed by atoms with Crippen LogP contribution in [-0.4, -0.2) is 28.8 Å². The maximum atomic E-state index is 8.59. The van der Waals surface area contributed by atoms with Crippen LogP contribution < -0.4 is 29.8 Å². The average molecular weight is 353 g/mol. The Morgan fingerprint density at radius 1 is 0.950 bits per heavy atom. The predicted octanol–water partition coefficient (Wildman–Crippen LogP) is -4.87. The molecule has 0 spiro atoms. The Kier molecular flexibility index (Phi) is 10.7. The second-order valence-corrected chi connectivity index (χ2v) is 4.46. The van der Waals surface area contributed by atoms with Crippen LogP contribution in [0.4, 0.5) is 11.9 Å². The molecule has 0 bridgehead atoms. The summed E-state index contributed by atoms with van der Waals surface area (Å²) in [6.07, 6.45) is 6.71. The van der Waals surface area contributed by atoms with Crippen LogP contribution >= 0.6 is 0 Å². The van der Waals surface area contributed by atoms with Crippen molar-refractivity contribution in [2.75, 3.05) is 11.5 Å². The molecule has 2 aromatic rings. The van der Waals surface area contributed by atoms with E-state index in [1.54, 1.807) is 36.9 Å². The monoisotopic (exact) mass is 354 g/mol. The van der Waals surface area contributed by atoms with Gasteiger partial charge in [0.25, 0.3) is 0 Å². The van der Waals surface area contributed by atoms with E-state index in [9.17, 15) is 0 Å². The number of aromatic nitrogens is 4. The number of aromatic amines is 2. The Morgan fingerprint density at radius 2 is 1.25 bits per heavy atom. The summed E-state index contributed by atoms with van der Waals surface area (Å²) in [7, 11) is 0. The fourth-order valence-electron chi connectivity index (χ4n) is 0.674. The number of nitrogens with two attached hydrogens (primary N) is 2. The van der Waals surface area contributed by atoms with Gasteiger partial charge in [-0.2, -0.15) is 0 Å². The van der Waals surface area contributed by atoms with Crippen molar-refractivity contribution < 1.29 is 31.5 Å².